The van der Waals surface area contributed by atoms with Gasteiger partial charge in [-0.2, -0.15) is 0 Å². The Balaban J connectivity index is 2.03. The lowest BCUT2D eigenvalue weighted by Gasteiger charge is -2.38. The monoisotopic (exact) mass is 313 g/mol. The van der Waals surface area contributed by atoms with Gasteiger partial charge in [0.2, 0.25) is 5.91 Å². The van der Waals surface area contributed by atoms with Crippen LogP contribution in [0.5, 0.6) is 0 Å². The lowest BCUT2D eigenvalue weighted by Crippen LogP contribution is -2.52. The van der Waals surface area contributed by atoms with E-state index >= 15 is 0 Å². The summed E-state index contributed by atoms with van der Waals surface area (Å²) < 4.78 is 32.1. The van der Waals surface area contributed by atoms with Crippen molar-refractivity contribution in [2.24, 2.45) is 0 Å². The van der Waals surface area contributed by atoms with Gasteiger partial charge in [0.05, 0.1) is 25.4 Å². The third kappa shape index (κ3) is 3.81. The Labute approximate surface area is 128 Å². The molecule has 0 radical (unpaired) electrons. The number of ether oxygens (including phenoxy) is 1. The zero-order valence-corrected chi connectivity index (χ0v) is 12.8. The Morgan fingerprint density at radius 3 is 2.86 bits per heavy atom. The van der Waals surface area contributed by atoms with Crippen LogP contribution in [0, 0.1) is 11.6 Å². The fourth-order valence-corrected chi connectivity index (χ4v) is 2.67. The van der Waals surface area contributed by atoms with Gasteiger partial charge in [-0.05, 0) is 24.5 Å². The van der Waals surface area contributed by atoms with E-state index in [1.54, 1.807) is 11.8 Å². The molecule has 3 atom stereocenters. The van der Waals surface area contributed by atoms with Crippen molar-refractivity contribution in [3.05, 3.63) is 35.4 Å². The van der Waals surface area contributed by atoms with Gasteiger partial charge >= 0.3 is 0 Å². The van der Waals surface area contributed by atoms with Crippen LogP contribution in [-0.2, 0) is 9.53 Å². The van der Waals surface area contributed by atoms with Crippen LogP contribution in [0.15, 0.2) is 18.2 Å². The molecule has 0 aromatic heterocycles. The van der Waals surface area contributed by atoms with Gasteiger partial charge in [-0.1, -0.05) is 13.0 Å². The highest BCUT2D eigenvalue weighted by atomic mass is 19.1. The molecule has 1 aliphatic heterocycles. The maximum Gasteiger partial charge on any atom is 0.223 e. The Morgan fingerprint density at radius 2 is 2.23 bits per heavy atom. The number of aliphatic hydroxyl groups is 1. The predicted octanol–water partition coefficient (Wildman–Crippen LogP) is 2.07. The molecular weight excluding hydrogens is 292 g/mol. The van der Waals surface area contributed by atoms with Gasteiger partial charge in [0.25, 0.3) is 0 Å². The van der Waals surface area contributed by atoms with Gasteiger partial charge in [0.15, 0.2) is 0 Å². The van der Waals surface area contributed by atoms with E-state index in [0.717, 1.165) is 6.07 Å². The van der Waals surface area contributed by atoms with Gasteiger partial charge in [-0.15, -0.1) is 0 Å². The molecular formula is C16H21F2NO3. The summed E-state index contributed by atoms with van der Waals surface area (Å²) in [7, 11) is 0. The summed E-state index contributed by atoms with van der Waals surface area (Å²) in [6, 6.07) is 3.32. The minimum atomic E-state index is -0.636. The average molecular weight is 313 g/mol. The number of halogens is 2. The third-order valence-electron chi connectivity index (χ3n) is 4.00. The minimum Gasteiger partial charge on any atom is -0.394 e. The number of aliphatic hydroxyl groups excluding tert-OH is 1. The molecule has 1 aromatic rings. The van der Waals surface area contributed by atoms with Crippen LogP contribution in [0.3, 0.4) is 0 Å². The SMILES string of the molecule is C[C@H](CC(=O)N1C[C@H](CO)OC[C@H]1C)c1ccc(F)cc1F. The van der Waals surface area contributed by atoms with Crippen LogP contribution in [0.2, 0.25) is 0 Å². The van der Waals surface area contributed by atoms with Gasteiger partial charge in [0, 0.05) is 19.0 Å². The summed E-state index contributed by atoms with van der Waals surface area (Å²) in [6.07, 6.45) is -0.247. The lowest BCUT2D eigenvalue weighted by molar-refractivity contribution is -0.146. The number of rotatable bonds is 4. The van der Waals surface area contributed by atoms with Gasteiger partial charge in [0.1, 0.15) is 11.6 Å². The number of hydrogen-bond donors (Lipinski definition) is 1. The fourth-order valence-electron chi connectivity index (χ4n) is 2.67. The first-order valence-electron chi connectivity index (χ1n) is 7.39. The van der Waals surface area contributed by atoms with Crippen molar-refractivity contribution in [2.75, 3.05) is 19.8 Å². The van der Waals surface area contributed by atoms with Crippen molar-refractivity contribution >= 4 is 5.91 Å². The van der Waals surface area contributed by atoms with E-state index in [-0.39, 0.29) is 37.0 Å². The molecule has 0 spiro atoms. The molecule has 1 amide bonds. The number of benzene rings is 1. The quantitative estimate of drug-likeness (QED) is 0.926. The molecule has 1 heterocycles. The van der Waals surface area contributed by atoms with Crippen molar-refractivity contribution in [2.45, 2.75) is 38.3 Å². The Bertz CT molecular complexity index is 538. The molecule has 122 valence electrons. The van der Waals surface area contributed by atoms with E-state index in [1.165, 1.54) is 12.1 Å². The molecule has 6 heteroatoms. The maximum absolute atomic E-state index is 13.8. The van der Waals surface area contributed by atoms with Crippen LogP contribution < -0.4 is 0 Å². The molecule has 0 unspecified atom stereocenters. The van der Waals surface area contributed by atoms with E-state index < -0.39 is 11.6 Å². The van der Waals surface area contributed by atoms with Gasteiger partial charge in [-0.3, -0.25) is 4.79 Å². The van der Waals surface area contributed by atoms with Crippen LogP contribution in [0.4, 0.5) is 8.78 Å². The maximum atomic E-state index is 13.8. The van der Waals surface area contributed by atoms with Crippen LogP contribution in [0.25, 0.3) is 0 Å². The molecule has 1 aliphatic rings. The number of nitrogens with zero attached hydrogens (tertiary/aromatic N) is 1. The van der Waals surface area contributed by atoms with Crippen molar-refractivity contribution in [3.63, 3.8) is 0 Å². The van der Waals surface area contributed by atoms with E-state index in [1.807, 2.05) is 6.92 Å². The molecule has 22 heavy (non-hydrogen) atoms. The fraction of sp³-hybridized carbons (Fsp3) is 0.562. The molecule has 2 rings (SSSR count). The summed E-state index contributed by atoms with van der Waals surface area (Å²) >= 11 is 0. The Morgan fingerprint density at radius 1 is 1.50 bits per heavy atom. The molecule has 0 saturated carbocycles. The summed E-state index contributed by atoms with van der Waals surface area (Å²) in [4.78, 5) is 14.1. The van der Waals surface area contributed by atoms with Crippen molar-refractivity contribution in [3.8, 4) is 0 Å². The average Bonchev–Trinajstić information content (AvgIpc) is 2.47. The van der Waals surface area contributed by atoms with E-state index in [0.29, 0.717) is 18.7 Å². The minimum absolute atomic E-state index is 0.0828. The smallest absolute Gasteiger partial charge is 0.223 e. The summed E-state index contributed by atoms with van der Waals surface area (Å²) in [6.45, 7) is 4.17. The molecule has 4 nitrogen and oxygen atoms in total. The molecule has 0 aliphatic carbocycles. The zero-order valence-electron chi connectivity index (χ0n) is 12.8. The third-order valence-corrected chi connectivity index (χ3v) is 4.00. The highest BCUT2D eigenvalue weighted by molar-refractivity contribution is 5.77. The number of amides is 1. The lowest BCUT2D eigenvalue weighted by atomic mass is 9.96. The Hall–Kier alpha value is -1.53. The normalized spacial score (nSPS) is 23.4. The van der Waals surface area contributed by atoms with Crippen molar-refractivity contribution in [1.29, 1.82) is 0 Å². The number of morpholine rings is 1. The van der Waals surface area contributed by atoms with Crippen LogP contribution in [0.1, 0.15) is 31.7 Å². The van der Waals surface area contributed by atoms with Crippen LogP contribution in [-0.4, -0.2) is 47.8 Å². The highest BCUT2D eigenvalue weighted by Crippen LogP contribution is 2.25. The summed E-state index contributed by atoms with van der Waals surface area (Å²) in [5, 5.41) is 9.15. The van der Waals surface area contributed by atoms with Gasteiger partial charge < -0.3 is 14.7 Å². The second-order valence-corrected chi connectivity index (χ2v) is 5.80. The number of hydrogen-bond acceptors (Lipinski definition) is 3. The zero-order chi connectivity index (χ0) is 16.3. The van der Waals surface area contributed by atoms with Crippen molar-refractivity contribution < 1.29 is 23.4 Å². The first-order chi connectivity index (χ1) is 10.4. The van der Waals surface area contributed by atoms with Gasteiger partial charge in [-0.25, -0.2) is 8.78 Å². The molecule has 1 aromatic carbocycles. The topological polar surface area (TPSA) is 49.8 Å². The standard InChI is InChI=1S/C16H21F2NO3/c1-10(14-4-3-12(17)6-15(14)18)5-16(21)19-7-13(8-20)22-9-11(19)2/h3-4,6,10-11,13,20H,5,7-9H2,1-2H3/t10-,11-,13-/m1/s1. The first-order valence-corrected chi connectivity index (χ1v) is 7.39. The molecule has 1 saturated heterocycles. The second-order valence-electron chi connectivity index (χ2n) is 5.80. The largest absolute Gasteiger partial charge is 0.394 e. The second kappa shape index (κ2) is 7.15. The number of carbonyl (C=O) groups excluding carboxylic acids is 1. The summed E-state index contributed by atoms with van der Waals surface area (Å²) in [5.41, 5.74) is 0.328. The highest BCUT2D eigenvalue weighted by Gasteiger charge is 2.30. The van der Waals surface area contributed by atoms with E-state index in [4.69, 9.17) is 9.84 Å². The Kier molecular flexibility index (Phi) is 5.47. The summed E-state index contributed by atoms with van der Waals surface area (Å²) in [5.74, 6) is -1.74. The predicted molar refractivity (Wildman–Crippen MR) is 77.4 cm³/mol. The van der Waals surface area contributed by atoms with E-state index in [9.17, 15) is 13.6 Å². The van der Waals surface area contributed by atoms with Crippen molar-refractivity contribution in [1.82, 2.24) is 4.90 Å². The molecule has 0 bridgehead atoms. The molecule has 1 N–H and O–H groups in total. The number of carbonyl (C=O) groups is 1. The van der Waals surface area contributed by atoms with Crippen LogP contribution >= 0.6 is 0 Å². The molecule has 1 fully saturated rings. The van der Waals surface area contributed by atoms with E-state index in [2.05, 4.69) is 0 Å². The first kappa shape index (κ1) is 16.8.